The predicted octanol–water partition coefficient (Wildman–Crippen LogP) is 3.33. The van der Waals surface area contributed by atoms with Crippen LogP contribution < -0.4 is 0 Å². The van der Waals surface area contributed by atoms with Gasteiger partial charge in [-0.3, -0.25) is 4.79 Å². The Morgan fingerprint density at radius 1 is 1.36 bits per heavy atom. The number of piperidine rings is 1. The minimum atomic E-state index is -0.0479. The zero-order valence-corrected chi connectivity index (χ0v) is 15.4. The average molecular weight is 347 g/mol. The number of carbonyl (C=O) groups excluding carboxylic acids is 1. The van der Waals surface area contributed by atoms with Gasteiger partial charge in [-0.25, -0.2) is 0 Å². The van der Waals surface area contributed by atoms with Crippen LogP contribution in [0.25, 0.3) is 0 Å². The predicted molar refractivity (Wildman–Crippen MR) is 93.7 cm³/mol. The van der Waals surface area contributed by atoms with Gasteiger partial charge < -0.3 is 18.8 Å². The molecule has 0 aromatic carbocycles. The summed E-state index contributed by atoms with van der Waals surface area (Å²) in [5.41, 5.74) is 0.648. The number of hydrogen-bond donors (Lipinski definition) is 0. The van der Waals surface area contributed by atoms with Crippen molar-refractivity contribution in [3.63, 3.8) is 0 Å². The molecule has 1 saturated carbocycles. The van der Waals surface area contributed by atoms with Crippen LogP contribution in [0.5, 0.6) is 0 Å². The first-order valence-corrected chi connectivity index (χ1v) is 9.63. The molecule has 2 unspecified atom stereocenters. The molecular formula is C20H29NO4. The largest absolute Gasteiger partial charge is 0.466 e. The Morgan fingerprint density at radius 2 is 2.20 bits per heavy atom. The molecule has 25 heavy (non-hydrogen) atoms. The average Bonchev–Trinajstić information content (AvgIpc) is 3.36. The Balaban J connectivity index is 1.48. The Labute approximate surface area is 149 Å². The van der Waals surface area contributed by atoms with Gasteiger partial charge in [0.2, 0.25) is 0 Å². The standard InChI is InChI=1S/C20H29NO4/c1-14-10-17(15(2)25-14)19(22)21-8-6-18-20(12-21,7-3-9-24-18)13-23-11-16-4-5-16/h10,16,18H,3-9,11-13H2,1-2H3. The molecule has 2 saturated heterocycles. The van der Waals surface area contributed by atoms with E-state index in [1.54, 1.807) is 0 Å². The summed E-state index contributed by atoms with van der Waals surface area (Å²) in [5, 5.41) is 0. The van der Waals surface area contributed by atoms with E-state index in [0.29, 0.717) is 17.9 Å². The van der Waals surface area contributed by atoms with Gasteiger partial charge in [0.25, 0.3) is 5.91 Å². The first-order chi connectivity index (χ1) is 12.1. The summed E-state index contributed by atoms with van der Waals surface area (Å²) in [4.78, 5) is 15.0. The van der Waals surface area contributed by atoms with E-state index in [-0.39, 0.29) is 17.4 Å². The van der Waals surface area contributed by atoms with Crippen molar-refractivity contribution in [3.8, 4) is 0 Å². The molecule has 2 aliphatic heterocycles. The molecule has 0 spiro atoms. The van der Waals surface area contributed by atoms with E-state index >= 15 is 0 Å². The fourth-order valence-corrected chi connectivity index (χ4v) is 4.40. The zero-order valence-electron chi connectivity index (χ0n) is 15.4. The molecule has 3 fully saturated rings. The van der Waals surface area contributed by atoms with Gasteiger partial charge in [-0.1, -0.05) is 0 Å². The van der Waals surface area contributed by atoms with Crippen LogP contribution in [0.1, 0.15) is 54.0 Å². The van der Waals surface area contributed by atoms with Crippen LogP contribution >= 0.6 is 0 Å². The van der Waals surface area contributed by atoms with Crippen LogP contribution in [-0.2, 0) is 9.47 Å². The molecule has 1 aromatic rings. The maximum absolute atomic E-state index is 13.0. The van der Waals surface area contributed by atoms with Crippen molar-refractivity contribution in [1.82, 2.24) is 4.90 Å². The van der Waals surface area contributed by atoms with E-state index in [1.165, 1.54) is 12.8 Å². The van der Waals surface area contributed by atoms with Crippen LogP contribution in [-0.4, -0.2) is 49.8 Å². The summed E-state index contributed by atoms with van der Waals surface area (Å²) in [6.45, 7) is 7.64. The number of rotatable bonds is 5. The normalized spacial score (nSPS) is 29.5. The van der Waals surface area contributed by atoms with Gasteiger partial charge >= 0.3 is 0 Å². The Kier molecular flexibility index (Phi) is 4.63. The van der Waals surface area contributed by atoms with Crippen molar-refractivity contribution in [3.05, 3.63) is 23.2 Å². The van der Waals surface area contributed by atoms with Gasteiger partial charge in [0.05, 0.1) is 18.3 Å². The molecule has 138 valence electrons. The zero-order chi connectivity index (χ0) is 17.4. The molecule has 0 bridgehead atoms. The van der Waals surface area contributed by atoms with Gasteiger partial charge in [-0.05, 0) is 57.9 Å². The van der Waals surface area contributed by atoms with Gasteiger partial charge in [0.1, 0.15) is 11.5 Å². The van der Waals surface area contributed by atoms with Gasteiger partial charge in [0.15, 0.2) is 0 Å². The summed E-state index contributed by atoms with van der Waals surface area (Å²) in [7, 11) is 0. The first-order valence-electron chi connectivity index (χ1n) is 9.63. The fourth-order valence-electron chi connectivity index (χ4n) is 4.40. The van der Waals surface area contributed by atoms with Gasteiger partial charge in [0, 0.05) is 31.7 Å². The van der Waals surface area contributed by atoms with Gasteiger partial charge in [-0.2, -0.15) is 0 Å². The van der Waals surface area contributed by atoms with Crippen LogP contribution in [0.4, 0.5) is 0 Å². The molecule has 0 N–H and O–H groups in total. The summed E-state index contributed by atoms with van der Waals surface area (Å²) in [6.07, 6.45) is 5.85. The quantitative estimate of drug-likeness (QED) is 0.820. The van der Waals surface area contributed by atoms with Crippen molar-refractivity contribution in [2.24, 2.45) is 11.3 Å². The smallest absolute Gasteiger partial charge is 0.257 e. The second kappa shape index (κ2) is 6.76. The SMILES string of the molecule is Cc1cc(C(=O)N2CCC3OCCCC3(COCC3CC3)C2)c(C)o1. The number of likely N-dealkylation sites (tertiary alicyclic amines) is 1. The maximum atomic E-state index is 13.0. The number of hydrogen-bond acceptors (Lipinski definition) is 4. The first kappa shape index (κ1) is 17.1. The molecule has 3 heterocycles. The molecule has 1 aliphatic carbocycles. The lowest BCUT2D eigenvalue weighted by atomic mass is 9.73. The number of furan rings is 1. The minimum Gasteiger partial charge on any atom is -0.466 e. The highest BCUT2D eigenvalue weighted by Gasteiger charge is 2.47. The van der Waals surface area contributed by atoms with Crippen LogP contribution in [0, 0.1) is 25.2 Å². The molecule has 5 heteroatoms. The number of carbonyl (C=O) groups is 1. The Bertz CT molecular complexity index is 636. The number of nitrogens with zero attached hydrogens (tertiary/aromatic N) is 1. The number of ether oxygens (including phenoxy) is 2. The second-order valence-corrected chi connectivity index (χ2v) is 8.13. The topological polar surface area (TPSA) is 51.9 Å². The van der Waals surface area contributed by atoms with Crippen molar-refractivity contribution in [2.45, 2.75) is 52.1 Å². The van der Waals surface area contributed by atoms with Crippen molar-refractivity contribution < 1.29 is 18.7 Å². The highest BCUT2D eigenvalue weighted by molar-refractivity contribution is 5.95. The third-order valence-electron chi connectivity index (χ3n) is 5.99. The molecule has 2 atom stereocenters. The molecule has 4 rings (SSSR count). The van der Waals surface area contributed by atoms with E-state index in [9.17, 15) is 4.79 Å². The summed E-state index contributed by atoms with van der Waals surface area (Å²) in [5.74, 6) is 2.35. The van der Waals surface area contributed by atoms with E-state index in [4.69, 9.17) is 13.9 Å². The van der Waals surface area contributed by atoms with Crippen LogP contribution in [0.2, 0.25) is 0 Å². The highest BCUT2D eigenvalue weighted by Crippen LogP contribution is 2.41. The number of aryl methyl sites for hydroxylation is 2. The Morgan fingerprint density at radius 3 is 2.92 bits per heavy atom. The third kappa shape index (κ3) is 3.49. The van der Waals surface area contributed by atoms with E-state index in [0.717, 1.165) is 57.2 Å². The lowest BCUT2D eigenvalue weighted by molar-refractivity contribution is -0.147. The lowest BCUT2D eigenvalue weighted by Crippen LogP contribution is -2.58. The van der Waals surface area contributed by atoms with Crippen LogP contribution in [0.15, 0.2) is 10.5 Å². The summed E-state index contributed by atoms with van der Waals surface area (Å²) < 4.78 is 17.7. The lowest BCUT2D eigenvalue weighted by Gasteiger charge is -2.50. The fraction of sp³-hybridized carbons (Fsp3) is 0.750. The van der Waals surface area contributed by atoms with E-state index < -0.39 is 0 Å². The third-order valence-corrected chi connectivity index (χ3v) is 5.99. The van der Waals surface area contributed by atoms with Crippen molar-refractivity contribution >= 4 is 5.91 Å². The van der Waals surface area contributed by atoms with Crippen molar-refractivity contribution in [1.29, 1.82) is 0 Å². The molecule has 1 amide bonds. The second-order valence-electron chi connectivity index (χ2n) is 8.13. The molecular weight excluding hydrogens is 318 g/mol. The maximum Gasteiger partial charge on any atom is 0.257 e. The molecule has 0 radical (unpaired) electrons. The summed E-state index contributed by atoms with van der Waals surface area (Å²) >= 11 is 0. The number of fused-ring (bicyclic) bond motifs is 1. The molecule has 1 aromatic heterocycles. The Hall–Kier alpha value is -1.33. The molecule has 3 aliphatic rings. The minimum absolute atomic E-state index is 0.0479. The monoisotopic (exact) mass is 347 g/mol. The van der Waals surface area contributed by atoms with E-state index in [2.05, 4.69) is 0 Å². The van der Waals surface area contributed by atoms with Gasteiger partial charge in [-0.15, -0.1) is 0 Å². The number of amides is 1. The molecule has 5 nitrogen and oxygen atoms in total. The van der Waals surface area contributed by atoms with Crippen molar-refractivity contribution in [2.75, 3.05) is 32.9 Å². The highest BCUT2D eigenvalue weighted by atomic mass is 16.5. The van der Waals surface area contributed by atoms with E-state index in [1.807, 2.05) is 24.8 Å². The summed E-state index contributed by atoms with van der Waals surface area (Å²) in [6, 6.07) is 1.86. The van der Waals surface area contributed by atoms with Crippen LogP contribution in [0.3, 0.4) is 0 Å².